The molecule has 1 aromatic rings. The topological polar surface area (TPSA) is 50.4 Å². The van der Waals surface area contributed by atoms with Crippen LogP contribution < -0.4 is 15.4 Å². The molecule has 0 aromatic heterocycles. The lowest BCUT2D eigenvalue weighted by molar-refractivity contribution is -0.121. The van der Waals surface area contributed by atoms with Gasteiger partial charge in [-0.25, -0.2) is 0 Å². The van der Waals surface area contributed by atoms with Crippen molar-refractivity contribution in [3.05, 3.63) is 30.3 Å². The SMILES string of the molecule is Cl.O=C(CCOc1ccccc1)NCC[C@H]1CCCN1. The van der Waals surface area contributed by atoms with Crippen molar-refractivity contribution in [3.63, 3.8) is 0 Å². The van der Waals surface area contributed by atoms with Crippen LogP contribution in [0.3, 0.4) is 0 Å². The average Bonchev–Trinajstić information content (AvgIpc) is 2.93. The molecular weight excluding hydrogens is 276 g/mol. The van der Waals surface area contributed by atoms with E-state index in [1.54, 1.807) is 0 Å². The van der Waals surface area contributed by atoms with Crippen molar-refractivity contribution in [3.8, 4) is 5.75 Å². The number of hydrogen-bond donors (Lipinski definition) is 2. The summed E-state index contributed by atoms with van der Waals surface area (Å²) >= 11 is 0. The van der Waals surface area contributed by atoms with Crippen molar-refractivity contribution in [1.29, 1.82) is 0 Å². The van der Waals surface area contributed by atoms with Gasteiger partial charge in [-0.2, -0.15) is 0 Å². The predicted molar refractivity (Wildman–Crippen MR) is 82.5 cm³/mol. The van der Waals surface area contributed by atoms with Crippen LogP contribution >= 0.6 is 12.4 Å². The Morgan fingerprint density at radius 1 is 1.35 bits per heavy atom. The molecule has 112 valence electrons. The van der Waals surface area contributed by atoms with E-state index in [0.717, 1.165) is 25.3 Å². The Balaban J connectivity index is 0.00000200. The second-order valence-corrected chi connectivity index (χ2v) is 4.84. The van der Waals surface area contributed by atoms with E-state index < -0.39 is 0 Å². The Labute approximate surface area is 126 Å². The van der Waals surface area contributed by atoms with Gasteiger partial charge in [0.2, 0.25) is 5.91 Å². The van der Waals surface area contributed by atoms with Crippen molar-refractivity contribution in [2.24, 2.45) is 0 Å². The van der Waals surface area contributed by atoms with Crippen LogP contribution in [0.25, 0.3) is 0 Å². The molecule has 1 aliphatic heterocycles. The summed E-state index contributed by atoms with van der Waals surface area (Å²) in [5, 5.41) is 6.36. The van der Waals surface area contributed by atoms with Crippen LogP contribution in [0.2, 0.25) is 0 Å². The lowest BCUT2D eigenvalue weighted by Gasteiger charge is -2.11. The lowest BCUT2D eigenvalue weighted by atomic mass is 10.1. The van der Waals surface area contributed by atoms with Crippen LogP contribution in [0.4, 0.5) is 0 Å². The van der Waals surface area contributed by atoms with Crippen LogP contribution in [0, 0.1) is 0 Å². The highest BCUT2D eigenvalue weighted by molar-refractivity contribution is 5.85. The van der Waals surface area contributed by atoms with Crippen LogP contribution in [-0.4, -0.2) is 31.6 Å². The highest BCUT2D eigenvalue weighted by Crippen LogP contribution is 2.09. The number of benzene rings is 1. The summed E-state index contributed by atoms with van der Waals surface area (Å²) in [4.78, 5) is 11.6. The van der Waals surface area contributed by atoms with Crippen molar-refractivity contribution >= 4 is 18.3 Å². The summed E-state index contributed by atoms with van der Waals surface area (Å²) in [6, 6.07) is 10.2. The summed E-state index contributed by atoms with van der Waals surface area (Å²) < 4.78 is 5.48. The monoisotopic (exact) mass is 298 g/mol. The zero-order chi connectivity index (χ0) is 13.3. The van der Waals surface area contributed by atoms with Gasteiger partial charge in [0.05, 0.1) is 13.0 Å². The Morgan fingerprint density at radius 3 is 2.85 bits per heavy atom. The van der Waals surface area contributed by atoms with Gasteiger partial charge in [0.1, 0.15) is 5.75 Å². The molecule has 4 nitrogen and oxygen atoms in total. The molecule has 2 N–H and O–H groups in total. The first-order valence-corrected chi connectivity index (χ1v) is 7.02. The van der Waals surface area contributed by atoms with Gasteiger partial charge in [0.25, 0.3) is 0 Å². The van der Waals surface area contributed by atoms with Crippen molar-refractivity contribution < 1.29 is 9.53 Å². The molecule has 1 saturated heterocycles. The van der Waals surface area contributed by atoms with Gasteiger partial charge < -0.3 is 15.4 Å². The molecule has 5 heteroatoms. The van der Waals surface area contributed by atoms with Crippen molar-refractivity contribution in [1.82, 2.24) is 10.6 Å². The van der Waals surface area contributed by atoms with Crippen LogP contribution in [0.5, 0.6) is 5.75 Å². The first kappa shape index (κ1) is 16.8. The molecule has 0 saturated carbocycles. The molecule has 20 heavy (non-hydrogen) atoms. The standard InChI is InChI=1S/C15H22N2O2.ClH/c18-15(17-11-8-13-5-4-10-16-13)9-12-19-14-6-2-1-3-7-14;/h1-3,6-7,13,16H,4-5,8-12H2,(H,17,18);1H/t13-;/m1./s1. The van der Waals surface area contributed by atoms with E-state index in [9.17, 15) is 4.79 Å². The summed E-state index contributed by atoms with van der Waals surface area (Å²) in [7, 11) is 0. The van der Waals surface area contributed by atoms with Crippen molar-refractivity contribution in [2.75, 3.05) is 19.7 Å². The first-order valence-electron chi connectivity index (χ1n) is 7.02. The van der Waals surface area contributed by atoms with Crippen LogP contribution in [-0.2, 0) is 4.79 Å². The van der Waals surface area contributed by atoms with Gasteiger partial charge in [-0.3, -0.25) is 4.79 Å². The van der Waals surface area contributed by atoms with E-state index in [1.165, 1.54) is 12.8 Å². The maximum atomic E-state index is 11.6. The second-order valence-electron chi connectivity index (χ2n) is 4.84. The molecule has 1 atom stereocenters. The number of hydrogen-bond acceptors (Lipinski definition) is 3. The average molecular weight is 299 g/mol. The van der Waals surface area contributed by atoms with Gasteiger partial charge in [0.15, 0.2) is 0 Å². The fourth-order valence-corrected chi connectivity index (χ4v) is 2.26. The maximum absolute atomic E-state index is 11.6. The normalized spacial score (nSPS) is 17.3. The number of amides is 1. The molecular formula is C15H23ClN2O2. The summed E-state index contributed by atoms with van der Waals surface area (Å²) in [5.74, 6) is 0.874. The maximum Gasteiger partial charge on any atom is 0.223 e. The molecule has 0 bridgehead atoms. The molecule has 0 spiro atoms. The quantitative estimate of drug-likeness (QED) is 0.811. The minimum Gasteiger partial charge on any atom is -0.493 e. The Kier molecular flexibility index (Phi) is 8.07. The number of nitrogens with one attached hydrogen (secondary N) is 2. The molecule has 0 aliphatic carbocycles. The fourth-order valence-electron chi connectivity index (χ4n) is 2.26. The summed E-state index contributed by atoms with van der Waals surface area (Å²) in [6.07, 6.45) is 3.91. The fraction of sp³-hybridized carbons (Fsp3) is 0.533. The lowest BCUT2D eigenvalue weighted by Crippen LogP contribution is -2.31. The Morgan fingerprint density at radius 2 is 2.15 bits per heavy atom. The summed E-state index contributed by atoms with van der Waals surface area (Å²) in [6.45, 7) is 2.29. The number of carbonyl (C=O) groups excluding carboxylic acids is 1. The molecule has 1 aromatic carbocycles. The zero-order valence-corrected chi connectivity index (χ0v) is 12.5. The number of halogens is 1. The number of para-hydroxylation sites is 1. The predicted octanol–water partition coefficient (Wildman–Crippen LogP) is 2.14. The highest BCUT2D eigenvalue weighted by Gasteiger charge is 2.13. The van der Waals surface area contributed by atoms with Gasteiger partial charge in [-0.15, -0.1) is 12.4 Å². The third kappa shape index (κ3) is 6.26. The van der Waals surface area contributed by atoms with Gasteiger partial charge in [-0.05, 0) is 37.9 Å². The minimum absolute atomic E-state index is 0. The second kappa shape index (κ2) is 9.61. The Hall–Kier alpha value is -1.26. The molecule has 1 amide bonds. The van der Waals surface area contributed by atoms with Crippen molar-refractivity contribution in [2.45, 2.75) is 31.7 Å². The van der Waals surface area contributed by atoms with E-state index >= 15 is 0 Å². The third-order valence-electron chi connectivity index (χ3n) is 3.32. The Bertz CT molecular complexity index is 381. The van der Waals surface area contributed by atoms with E-state index in [1.807, 2.05) is 30.3 Å². The largest absolute Gasteiger partial charge is 0.493 e. The molecule has 0 unspecified atom stereocenters. The van der Waals surface area contributed by atoms with Gasteiger partial charge >= 0.3 is 0 Å². The number of ether oxygens (including phenoxy) is 1. The molecule has 1 heterocycles. The van der Waals surface area contributed by atoms with E-state index in [4.69, 9.17) is 4.74 Å². The number of carbonyl (C=O) groups is 1. The molecule has 1 aliphatic rings. The first-order chi connectivity index (χ1) is 9.34. The third-order valence-corrected chi connectivity index (χ3v) is 3.32. The number of rotatable bonds is 7. The van der Waals surface area contributed by atoms with Crippen LogP contribution in [0.15, 0.2) is 30.3 Å². The van der Waals surface area contributed by atoms with E-state index in [2.05, 4.69) is 10.6 Å². The van der Waals surface area contributed by atoms with Gasteiger partial charge in [-0.1, -0.05) is 18.2 Å². The molecule has 2 rings (SSSR count). The van der Waals surface area contributed by atoms with E-state index in [0.29, 0.717) is 19.1 Å². The van der Waals surface area contributed by atoms with Crippen LogP contribution in [0.1, 0.15) is 25.7 Å². The summed E-state index contributed by atoms with van der Waals surface area (Å²) in [5.41, 5.74) is 0. The molecule has 0 radical (unpaired) electrons. The minimum atomic E-state index is 0. The van der Waals surface area contributed by atoms with Gasteiger partial charge in [0, 0.05) is 12.6 Å². The molecule has 1 fully saturated rings. The zero-order valence-electron chi connectivity index (χ0n) is 11.6. The highest BCUT2D eigenvalue weighted by atomic mass is 35.5. The smallest absolute Gasteiger partial charge is 0.223 e. The van der Waals surface area contributed by atoms with E-state index in [-0.39, 0.29) is 18.3 Å².